The van der Waals surface area contributed by atoms with Gasteiger partial charge in [0.05, 0.1) is 11.1 Å². The van der Waals surface area contributed by atoms with Gasteiger partial charge in [0.2, 0.25) is 0 Å². The number of aromatic nitrogens is 1. The van der Waals surface area contributed by atoms with E-state index in [-0.39, 0.29) is 0 Å². The fourth-order valence-electron chi connectivity index (χ4n) is 6.52. The van der Waals surface area contributed by atoms with Crippen LogP contribution in [0.4, 0.5) is 0 Å². The predicted octanol–water partition coefficient (Wildman–Crippen LogP) is 8.42. The topological polar surface area (TPSA) is 50.2 Å². The van der Waals surface area contributed by atoms with E-state index < -0.39 is 25.7 Å². The average Bonchev–Trinajstić information content (AvgIpc) is 2.86. The quantitative estimate of drug-likeness (QED) is 0.396. The standard InChI is InChI=1S/C10H7NO2.3C6H11.Sn/c12-10(13)8-3-4-9-7(6-8)2-1-5-11-9;3*1-2-4-6-5-3-1;/h1-6H,(H,12,13);3*1H,2-6H2;. The molecular formula is C28H40NO2Sn. The number of rotatable bonds is 4. The molecule has 0 spiro atoms. The van der Waals surface area contributed by atoms with Gasteiger partial charge in [-0.1, -0.05) is 6.07 Å². The number of pyridine rings is 1. The van der Waals surface area contributed by atoms with E-state index in [4.69, 9.17) is 5.11 Å². The van der Waals surface area contributed by atoms with E-state index in [1.165, 1.54) is 11.8 Å². The van der Waals surface area contributed by atoms with Crippen molar-refractivity contribution in [2.24, 2.45) is 0 Å². The first-order valence-electron chi connectivity index (χ1n) is 13.2. The first-order chi connectivity index (χ1) is 15.7. The van der Waals surface area contributed by atoms with Gasteiger partial charge in [0, 0.05) is 11.6 Å². The van der Waals surface area contributed by atoms with Crippen LogP contribution in [0.1, 0.15) is 107 Å². The van der Waals surface area contributed by atoms with Gasteiger partial charge in [0.1, 0.15) is 0 Å². The molecule has 3 aliphatic rings. The van der Waals surface area contributed by atoms with Crippen LogP contribution in [0.3, 0.4) is 0 Å². The van der Waals surface area contributed by atoms with Crippen molar-refractivity contribution < 1.29 is 9.90 Å². The van der Waals surface area contributed by atoms with Crippen LogP contribution in [0.5, 0.6) is 0 Å². The van der Waals surface area contributed by atoms with Crippen LogP contribution in [-0.4, -0.2) is 35.8 Å². The van der Waals surface area contributed by atoms with Crippen LogP contribution in [-0.2, 0) is 0 Å². The maximum atomic E-state index is 10.6. The number of nitrogens with zero attached hydrogens (tertiary/aromatic N) is 1. The van der Waals surface area contributed by atoms with Crippen LogP contribution in [0.15, 0.2) is 36.5 Å². The maximum absolute atomic E-state index is 10.6. The second-order valence-corrected chi connectivity index (χ2v) is 20.1. The Morgan fingerprint density at radius 1 is 0.750 bits per heavy atom. The molecule has 0 amide bonds. The second-order valence-electron chi connectivity index (χ2n) is 10.2. The Morgan fingerprint density at radius 2 is 1.25 bits per heavy atom. The average molecular weight is 541 g/mol. The zero-order valence-corrected chi connectivity index (χ0v) is 22.5. The van der Waals surface area contributed by atoms with Gasteiger partial charge in [-0.15, -0.1) is 0 Å². The Kier molecular flexibility index (Phi) is 9.30. The SMILES string of the molecule is C1CC[CH]([Sn]([CH]2CCCCC2)[CH]2CCCCC2)CC1.O=C(O)c1ccc2ncccc2c1. The summed E-state index contributed by atoms with van der Waals surface area (Å²) in [6, 6.07) is 8.50. The minimum Gasteiger partial charge on any atom is -0.478 e. The molecule has 3 fully saturated rings. The first-order valence-corrected chi connectivity index (χ1v) is 18.1. The van der Waals surface area contributed by atoms with Crippen molar-refractivity contribution in [2.45, 2.75) is 108 Å². The summed E-state index contributed by atoms with van der Waals surface area (Å²) in [5.74, 6) is -0.911. The van der Waals surface area contributed by atoms with E-state index in [9.17, 15) is 4.79 Å². The van der Waals surface area contributed by atoms with E-state index >= 15 is 0 Å². The Bertz CT molecular complexity index is 809. The number of carboxylic acid groups (broad SMARTS) is 1. The monoisotopic (exact) mass is 542 g/mol. The molecule has 1 radical (unpaired) electrons. The van der Waals surface area contributed by atoms with Gasteiger partial charge in [-0.3, -0.25) is 4.98 Å². The molecule has 0 saturated heterocycles. The third-order valence-corrected chi connectivity index (χ3v) is 21.1. The molecular weight excluding hydrogens is 501 g/mol. The normalized spacial score (nSPS) is 21.3. The molecule has 0 atom stereocenters. The summed E-state index contributed by atoms with van der Waals surface area (Å²) in [6.07, 6.45) is 25.9. The second kappa shape index (κ2) is 12.4. The van der Waals surface area contributed by atoms with Crippen LogP contribution in [0, 0.1) is 0 Å². The minimum absolute atomic E-state index is 0.292. The van der Waals surface area contributed by atoms with E-state index in [0.717, 1.165) is 10.9 Å². The largest absolute Gasteiger partial charge is 0.478 e. The molecule has 3 nitrogen and oxygen atoms in total. The van der Waals surface area contributed by atoms with Crippen LogP contribution in [0.25, 0.3) is 10.9 Å². The molecule has 0 bridgehead atoms. The molecule has 0 unspecified atom stereocenters. The maximum Gasteiger partial charge on any atom is 0.335 e. The number of fused-ring (bicyclic) bond motifs is 1. The summed E-state index contributed by atoms with van der Waals surface area (Å²) < 4.78 is 3.96. The van der Waals surface area contributed by atoms with Crippen molar-refractivity contribution in [1.82, 2.24) is 4.98 Å². The zero-order valence-electron chi connectivity index (χ0n) is 19.6. The van der Waals surface area contributed by atoms with Crippen LogP contribution >= 0.6 is 0 Å². The Hall–Kier alpha value is -1.10. The van der Waals surface area contributed by atoms with Crippen molar-refractivity contribution >= 4 is 36.6 Å². The summed E-state index contributed by atoms with van der Waals surface area (Å²) in [6.45, 7) is 0. The summed E-state index contributed by atoms with van der Waals surface area (Å²) in [7, 11) is 0. The number of hydrogen-bond donors (Lipinski definition) is 1. The molecule has 1 aromatic carbocycles. The van der Waals surface area contributed by atoms with Gasteiger partial charge in [-0.05, 0) is 24.3 Å². The molecule has 1 aromatic heterocycles. The van der Waals surface area contributed by atoms with Gasteiger partial charge < -0.3 is 5.11 Å². The number of carbonyl (C=O) groups is 1. The minimum atomic E-state index is -1.15. The third-order valence-electron chi connectivity index (χ3n) is 8.08. The molecule has 32 heavy (non-hydrogen) atoms. The van der Waals surface area contributed by atoms with Crippen molar-refractivity contribution in [1.29, 1.82) is 0 Å². The zero-order chi connectivity index (χ0) is 22.2. The molecule has 3 saturated carbocycles. The number of carboxylic acids is 1. The fraction of sp³-hybridized carbons (Fsp3) is 0.643. The summed E-state index contributed by atoms with van der Waals surface area (Å²) in [5, 5.41) is 9.57. The van der Waals surface area contributed by atoms with E-state index in [0.29, 0.717) is 5.56 Å². The Labute approximate surface area is 201 Å². The van der Waals surface area contributed by atoms with Gasteiger partial charge in [-0.2, -0.15) is 0 Å². The van der Waals surface area contributed by atoms with Crippen molar-refractivity contribution in [2.75, 3.05) is 0 Å². The number of benzene rings is 1. The van der Waals surface area contributed by atoms with Gasteiger partial charge in [0.25, 0.3) is 0 Å². The van der Waals surface area contributed by atoms with E-state index in [2.05, 4.69) is 4.98 Å². The molecule has 2 aromatic rings. The smallest absolute Gasteiger partial charge is 0.335 e. The summed E-state index contributed by atoms with van der Waals surface area (Å²) >= 11 is -1.15. The van der Waals surface area contributed by atoms with Crippen molar-refractivity contribution in [3.8, 4) is 0 Å². The molecule has 5 rings (SSSR count). The van der Waals surface area contributed by atoms with E-state index in [1.807, 2.05) is 6.07 Å². The molecule has 3 aliphatic carbocycles. The van der Waals surface area contributed by atoms with Crippen molar-refractivity contribution in [3.05, 3.63) is 42.1 Å². The number of aromatic carboxylic acids is 1. The number of hydrogen-bond acceptors (Lipinski definition) is 2. The molecule has 1 N–H and O–H groups in total. The summed E-state index contributed by atoms with van der Waals surface area (Å²) in [4.78, 5) is 14.7. The van der Waals surface area contributed by atoms with Gasteiger partial charge >= 0.3 is 134 Å². The van der Waals surface area contributed by atoms with E-state index in [1.54, 1.807) is 127 Å². The predicted molar refractivity (Wildman–Crippen MR) is 135 cm³/mol. The fourth-order valence-corrected chi connectivity index (χ4v) is 21.4. The van der Waals surface area contributed by atoms with Gasteiger partial charge in [-0.25, -0.2) is 4.79 Å². The molecule has 173 valence electrons. The van der Waals surface area contributed by atoms with Crippen LogP contribution < -0.4 is 0 Å². The third kappa shape index (κ3) is 6.48. The summed E-state index contributed by atoms with van der Waals surface area (Å²) in [5.41, 5.74) is 1.10. The first kappa shape index (κ1) is 24.0. The van der Waals surface area contributed by atoms with Crippen LogP contribution in [0.2, 0.25) is 11.8 Å². The molecule has 0 aliphatic heterocycles. The Morgan fingerprint density at radius 3 is 1.72 bits per heavy atom. The Balaban J connectivity index is 0.000000165. The molecule has 1 heterocycles. The molecule has 4 heteroatoms. The van der Waals surface area contributed by atoms with Crippen molar-refractivity contribution in [3.63, 3.8) is 0 Å². The van der Waals surface area contributed by atoms with Gasteiger partial charge in [0.15, 0.2) is 0 Å².